The molecule has 2 aromatic carbocycles. The summed E-state index contributed by atoms with van der Waals surface area (Å²) in [5.41, 5.74) is 4.17. The molecule has 0 fully saturated rings. The first-order valence-electron chi connectivity index (χ1n) is 7.96. The monoisotopic (exact) mass is 414 g/mol. The smallest absolute Gasteiger partial charge is 0.279 e. The van der Waals surface area contributed by atoms with Gasteiger partial charge in [0.1, 0.15) is 17.3 Å². The summed E-state index contributed by atoms with van der Waals surface area (Å²) < 4.78 is 24.3. The molecule has 1 atom stereocenters. The molecule has 0 saturated carbocycles. The maximum absolute atomic E-state index is 13.5. The lowest BCUT2D eigenvalue weighted by molar-refractivity contribution is -0.128. The first-order chi connectivity index (χ1) is 12.8. The van der Waals surface area contributed by atoms with E-state index in [0.717, 1.165) is 12.1 Å². The number of amides is 2. The van der Waals surface area contributed by atoms with Crippen molar-refractivity contribution in [3.8, 4) is 11.5 Å². The SMILES string of the molecule is CCOc1ccc(OC(C)C(=O)NNC(=O)c2cc(F)c(Cl)cc2Cl)cc1. The fourth-order valence-electron chi connectivity index (χ4n) is 2.02. The van der Waals surface area contributed by atoms with Crippen molar-refractivity contribution in [2.45, 2.75) is 20.0 Å². The van der Waals surface area contributed by atoms with Gasteiger partial charge >= 0.3 is 0 Å². The molecule has 0 aromatic heterocycles. The van der Waals surface area contributed by atoms with E-state index in [9.17, 15) is 14.0 Å². The number of halogens is 3. The van der Waals surface area contributed by atoms with E-state index in [2.05, 4.69) is 10.9 Å². The topological polar surface area (TPSA) is 76.7 Å². The molecular weight excluding hydrogens is 398 g/mol. The van der Waals surface area contributed by atoms with Crippen LogP contribution in [0.4, 0.5) is 4.39 Å². The van der Waals surface area contributed by atoms with Crippen molar-refractivity contribution in [2.24, 2.45) is 0 Å². The van der Waals surface area contributed by atoms with Gasteiger partial charge in [0, 0.05) is 0 Å². The molecule has 0 aliphatic carbocycles. The Morgan fingerprint density at radius 2 is 1.70 bits per heavy atom. The average Bonchev–Trinajstić information content (AvgIpc) is 2.64. The van der Waals surface area contributed by atoms with Crippen LogP contribution in [-0.4, -0.2) is 24.5 Å². The number of hydrazine groups is 1. The largest absolute Gasteiger partial charge is 0.494 e. The van der Waals surface area contributed by atoms with Gasteiger partial charge in [-0.15, -0.1) is 0 Å². The lowest BCUT2D eigenvalue weighted by Crippen LogP contribution is -2.47. The number of benzene rings is 2. The molecule has 2 rings (SSSR count). The molecule has 6 nitrogen and oxygen atoms in total. The van der Waals surface area contributed by atoms with Gasteiger partial charge in [0.15, 0.2) is 6.10 Å². The van der Waals surface area contributed by atoms with Gasteiger partial charge in [-0.2, -0.15) is 0 Å². The summed E-state index contributed by atoms with van der Waals surface area (Å²) in [6.45, 7) is 3.92. The van der Waals surface area contributed by atoms with Crippen molar-refractivity contribution in [1.82, 2.24) is 10.9 Å². The average molecular weight is 415 g/mol. The molecule has 0 radical (unpaired) electrons. The number of ether oxygens (including phenoxy) is 2. The number of hydrogen-bond donors (Lipinski definition) is 2. The van der Waals surface area contributed by atoms with Gasteiger partial charge in [-0.05, 0) is 50.2 Å². The van der Waals surface area contributed by atoms with Crippen LogP contribution in [0.15, 0.2) is 36.4 Å². The highest BCUT2D eigenvalue weighted by atomic mass is 35.5. The molecule has 0 aliphatic rings. The van der Waals surface area contributed by atoms with Gasteiger partial charge in [0.25, 0.3) is 11.8 Å². The van der Waals surface area contributed by atoms with Gasteiger partial charge in [-0.25, -0.2) is 4.39 Å². The van der Waals surface area contributed by atoms with Crippen LogP contribution < -0.4 is 20.3 Å². The molecule has 2 amide bonds. The van der Waals surface area contributed by atoms with Crippen LogP contribution in [0.25, 0.3) is 0 Å². The van der Waals surface area contributed by atoms with Gasteiger partial charge < -0.3 is 9.47 Å². The van der Waals surface area contributed by atoms with Crippen LogP contribution in [0.2, 0.25) is 10.0 Å². The Labute approximate surface area is 165 Å². The number of hydrogen-bond acceptors (Lipinski definition) is 4. The summed E-state index contributed by atoms with van der Waals surface area (Å²) in [7, 11) is 0. The van der Waals surface area contributed by atoms with Crippen LogP contribution >= 0.6 is 23.2 Å². The Balaban J connectivity index is 1.90. The predicted octanol–water partition coefficient (Wildman–Crippen LogP) is 3.76. The quantitative estimate of drug-likeness (QED) is 0.557. The summed E-state index contributed by atoms with van der Waals surface area (Å²) in [4.78, 5) is 24.1. The zero-order valence-electron chi connectivity index (χ0n) is 14.5. The summed E-state index contributed by atoms with van der Waals surface area (Å²) >= 11 is 11.4. The van der Waals surface area contributed by atoms with Gasteiger partial charge in [0.05, 0.1) is 22.2 Å². The second-order valence-corrected chi connectivity index (χ2v) is 6.17. The van der Waals surface area contributed by atoms with Gasteiger partial charge in [-0.1, -0.05) is 23.2 Å². The van der Waals surface area contributed by atoms with E-state index in [1.807, 2.05) is 6.92 Å². The minimum atomic E-state index is -0.902. The molecule has 1 unspecified atom stereocenters. The molecule has 144 valence electrons. The van der Waals surface area contributed by atoms with E-state index >= 15 is 0 Å². The van der Waals surface area contributed by atoms with Gasteiger partial charge in [0.2, 0.25) is 0 Å². The summed E-state index contributed by atoms with van der Waals surface area (Å²) in [6.07, 6.45) is -0.902. The minimum absolute atomic E-state index is 0.0492. The Morgan fingerprint density at radius 3 is 2.33 bits per heavy atom. The minimum Gasteiger partial charge on any atom is -0.494 e. The summed E-state index contributed by atoms with van der Waals surface area (Å²) in [6, 6.07) is 8.72. The molecule has 0 saturated heterocycles. The van der Waals surface area contributed by atoms with Crippen molar-refractivity contribution in [3.63, 3.8) is 0 Å². The third-order valence-corrected chi connectivity index (χ3v) is 3.97. The van der Waals surface area contributed by atoms with Crippen molar-refractivity contribution >= 4 is 35.0 Å². The van der Waals surface area contributed by atoms with Crippen LogP contribution in [0.3, 0.4) is 0 Å². The van der Waals surface area contributed by atoms with Crippen molar-refractivity contribution < 1.29 is 23.5 Å². The predicted molar refractivity (Wildman–Crippen MR) is 99.7 cm³/mol. The highest BCUT2D eigenvalue weighted by Crippen LogP contribution is 2.24. The second kappa shape index (κ2) is 9.43. The molecule has 0 bridgehead atoms. The molecule has 2 aromatic rings. The highest BCUT2D eigenvalue weighted by molar-refractivity contribution is 6.36. The van der Waals surface area contributed by atoms with E-state index in [1.54, 1.807) is 24.3 Å². The van der Waals surface area contributed by atoms with E-state index in [1.165, 1.54) is 6.92 Å². The number of carbonyl (C=O) groups excluding carboxylic acids is 2. The molecule has 0 heterocycles. The number of rotatable bonds is 6. The zero-order chi connectivity index (χ0) is 20.0. The fourth-order valence-corrected chi connectivity index (χ4v) is 2.49. The second-order valence-electron chi connectivity index (χ2n) is 5.35. The maximum Gasteiger partial charge on any atom is 0.279 e. The molecule has 2 N–H and O–H groups in total. The standard InChI is InChI=1S/C18H17Cl2FN2O4/c1-3-26-11-4-6-12(7-5-11)27-10(2)17(24)22-23-18(25)13-8-16(21)15(20)9-14(13)19/h4-10H,3H2,1-2H3,(H,22,24)(H,23,25). The zero-order valence-corrected chi connectivity index (χ0v) is 16.0. The Bertz CT molecular complexity index is 831. The van der Waals surface area contributed by atoms with Crippen LogP contribution in [0.5, 0.6) is 11.5 Å². The van der Waals surface area contributed by atoms with Crippen LogP contribution in [0, 0.1) is 5.82 Å². The van der Waals surface area contributed by atoms with E-state index < -0.39 is 23.7 Å². The third kappa shape index (κ3) is 5.74. The normalized spacial score (nSPS) is 11.4. The number of carbonyl (C=O) groups is 2. The Kier molecular flexibility index (Phi) is 7.27. The molecule has 0 spiro atoms. The molecule has 9 heteroatoms. The molecular formula is C18H17Cl2FN2O4. The van der Waals surface area contributed by atoms with Crippen LogP contribution in [0.1, 0.15) is 24.2 Å². The van der Waals surface area contributed by atoms with Crippen molar-refractivity contribution in [3.05, 3.63) is 57.8 Å². The number of nitrogens with one attached hydrogen (secondary N) is 2. The van der Waals surface area contributed by atoms with E-state index in [-0.39, 0.29) is 15.6 Å². The van der Waals surface area contributed by atoms with Gasteiger partial charge in [-0.3, -0.25) is 20.4 Å². The Morgan fingerprint density at radius 1 is 1.07 bits per heavy atom. The molecule has 0 aliphatic heterocycles. The van der Waals surface area contributed by atoms with E-state index in [0.29, 0.717) is 18.1 Å². The highest BCUT2D eigenvalue weighted by Gasteiger charge is 2.18. The van der Waals surface area contributed by atoms with Crippen LogP contribution in [-0.2, 0) is 4.79 Å². The van der Waals surface area contributed by atoms with E-state index in [4.69, 9.17) is 32.7 Å². The fraction of sp³-hybridized carbons (Fsp3) is 0.222. The first-order valence-corrected chi connectivity index (χ1v) is 8.71. The maximum atomic E-state index is 13.5. The first kappa shape index (κ1) is 20.8. The van der Waals surface area contributed by atoms with Crippen molar-refractivity contribution in [1.29, 1.82) is 0 Å². The van der Waals surface area contributed by atoms with Crippen molar-refractivity contribution in [2.75, 3.05) is 6.61 Å². The molecule has 27 heavy (non-hydrogen) atoms. The summed E-state index contributed by atoms with van der Waals surface area (Å²) in [5.74, 6) is -1.07. The lowest BCUT2D eigenvalue weighted by Gasteiger charge is -2.15. The Hall–Kier alpha value is -2.51. The summed E-state index contributed by atoms with van der Waals surface area (Å²) in [5, 5.41) is -0.259. The third-order valence-electron chi connectivity index (χ3n) is 3.37. The lowest BCUT2D eigenvalue weighted by atomic mass is 10.2.